The first-order valence-electron chi connectivity index (χ1n) is 6.64. The molecular formula is C15H18ClN3O3. The third kappa shape index (κ3) is 5.97. The number of nitrogens with one attached hydrogen (secondary N) is 3. The van der Waals surface area contributed by atoms with Gasteiger partial charge in [0.05, 0.1) is 0 Å². The van der Waals surface area contributed by atoms with Gasteiger partial charge in [-0.1, -0.05) is 23.7 Å². The van der Waals surface area contributed by atoms with Crippen molar-refractivity contribution < 1.29 is 14.4 Å². The summed E-state index contributed by atoms with van der Waals surface area (Å²) in [7, 11) is 0. The van der Waals surface area contributed by atoms with E-state index in [-0.39, 0.29) is 6.04 Å². The van der Waals surface area contributed by atoms with E-state index in [0.29, 0.717) is 5.02 Å². The monoisotopic (exact) mass is 323 g/mol. The molecule has 0 heterocycles. The molecule has 0 spiro atoms. The lowest BCUT2D eigenvalue weighted by molar-refractivity contribution is -0.140. The molecule has 0 saturated heterocycles. The van der Waals surface area contributed by atoms with Crippen LogP contribution < -0.4 is 16.2 Å². The van der Waals surface area contributed by atoms with Crippen molar-refractivity contribution in [2.24, 2.45) is 0 Å². The maximum absolute atomic E-state index is 11.5. The van der Waals surface area contributed by atoms with Crippen molar-refractivity contribution in [3.05, 3.63) is 40.4 Å². The van der Waals surface area contributed by atoms with Crippen LogP contribution >= 0.6 is 11.6 Å². The zero-order chi connectivity index (χ0) is 16.7. The molecule has 0 atom stereocenters. The van der Waals surface area contributed by atoms with Crippen LogP contribution in [-0.4, -0.2) is 23.8 Å². The second-order valence-corrected chi connectivity index (χ2v) is 5.32. The fraction of sp³-hybridized carbons (Fsp3) is 0.267. The third-order valence-electron chi connectivity index (χ3n) is 2.55. The second kappa shape index (κ2) is 8.19. The van der Waals surface area contributed by atoms with E-state index < -0.39 is 17.7 Å². The fourth-order valence-electron chi connectivity index (χ4n) is 1.43. The molecule has 7 heteroatoms. The van der Waals surface area contributed by atoms with Crippen molar-refractivity contribution in [3.63, 3.8) is 0 Å². The lowest BCUT2D eigenvalue weighted by Crippen LogP contribution is -2.49. The van der Waals surface area contributed by atoms with E-state index >= 15 is 0 Å². The standard InChI is InChI=1S/C15H18ClN3O3/c1-9(2)17-14(21)15(22)19-18-13(20)7-6-11-5-4-10(3)12(16)8-11/h4-9H,1-3H3,(H,17,21)(H,18,20)(H,19,22)/b7-6+. The predicted octanol–water partition coefficient (Wildman–Crippen LogP) is 1.33. The van der Waals surface area contributed by atoms with Crippen LogP contribution in [-0.2, 0) is 14.4 Å². The number of aryl methyl sites for hydroxylation is 1. The van der Waals surface area contributed by atoms with Crippen LogP contribution in [0.25, 0.3) is 6.08 Å². The maximum atomic E-state index is 11.5. The van der Waals surface area contributed by atoms with Crippen molar-refractivity contribution in [1.29, 1.82) is 0 Å². The van der Waals surface area contributed by atoms with Crippen molar-refractivity contribution in [2.75, 3.05) is 0 Å². The molecule has 0 aliphatic heterocycles. The molecule has 0 aliphatic carbocycles. The zero-order valence-electron chi connectivity index (χ0n) is 12.6. The van der Waals surface area contributed by atoms with E-state index in [9.17, 15) is 14.4 Å². The van der Waals surface area contributed by atoms with Gasteiger partial charge in [-0.25, -0.2) is 0 Å². The number of halogens is 1. The van der Waals surface area contributed by atoms with Crippen molar-refractivity contribution in [3.8, 4) is 0 Å². The molecule has 1 aromatic carbocycles. The van der Waals surface area contributed by atoms with E-state index in [2.05, 4.69) is 10.7 Å². The molecule has 118 valence electrons. The van der Waals surface area contributed by atoms with Crippen molar-refractivity contribution >= 4 is 35.4 Å². The highest BCUT2D eigenvalue weighted by molar-refractivity contribution is 6.35. The first-order chi connectivity index (χ1) is 10.3. The van der Waals surface area contributed by atoms with Gasteiger partial charge in [-0.05, 0) is 44.0 Å². The SMILES string of the molecule is Cc1ccc(/C=C/C(=O)NNC(=O)C(=O)NC(C)C)cc1Cl. The third-order valence-corrected chi connectivity index (χ3v) is 2.96. The van der Waals surface area contributed by atoms with Crippen LogP contribution in [0.15, 0.2) is 24.3 Å². The van der Waals surface area contributed by atoms with Crippen LogP contribution in [0, 0.1) is 6.92 Å². The Morgan fingerprint density at radius 3 is 2.41 bits per heavy atom. The van der Waals surface area contributed by atoms with Gasteiger partial charge in [0.2, 0.25) is 0 Å². The number of hydrazine groups is 1. The molecule has 22 heavy (non-hydrogen) atoms. The van der Waals surface area contributed by atoms with Gasteiger partial charge >= 0.3 is 11.8 Å². The van der Waals surface area contributed by atoms with Crippen molar-refractivity contribution in [1.82, 2.24) is 16.2 Å². The van der Waals surface area contributed by atoms with Crippen LogP contribution in [0.2, 0.25) is 5.02 Å². The van der Waals surface area contributed by atoms with Crippen molar-refractivity contribution in [2.45, 2.75) is 26.8 Å². The predicted molar refractivity (Wildman–Crippen MR) is 84.8 cm³/mol. The lowest BCUT2D eigenvalue weighted by atomic mass is 10.1. The second-order valence-electron chi connectivity index (χ2n) is 4.91. The number of rotatable bonds is 3. The molecule has 6 nitrogen and oxygen atoms in total. The molecule has 3 amide bonds. The van der Waals surface area contributed by atoms with Crippen LogP contribution in [0.5, 0.6) is 0 Å². The van der Waals surface area contributed by atoms with Gasteiger partial charge < -0.3 is 5.32 Å². The summed E-state index contributed by atoms with van der Waals surface area (Å²) in [6, 6.07) is 5.19. The molecule has 1 aromatic rings. The molecular weight excluding hydrogens is 306 g/mol. The zero-order valence-corrected chi connectivity index (χ0v) is 13.3. The first-order valence-corrected chi connectivity index (χ1v) is 7.02. The Kier molecular flexibility index (Phi) is 6.59. The van der Waals surface area contributed by atoms with E-state index in [1.807, 2.05) is 18.4 Å². The Morgan fingerprint density at radius 2 is 1.82 bits per heavy atom. The summed E-state index contributed by atoms with van der Waals surface area (Å²) in [6.45, 7) is 5.32. The highest BCUT2D eigenvalue weighted by Gasteiger charge is 2.14. The molecule has 0 aliphatic rings. The Labute approximate surface area is 133 Å². The van der Waals surface area contributed by atoms with Gasteiger partial charge in [-0.15, -0.1) is 0 Å². The van der Waals surface area contributed by atoms with Gasteiger partial charge in [-0.3, -0.25) is 25.2 Å². The average Bonchev–Trinajstić information content (AvgIpc) is 2.45. The van der Waals surface area contributed by atoms with Crippen LogP contribution in [0.3, 0.4) is 0 Å². The average molecular weight is 324 g/mol. The highest BCUT2D eigenvalue weighted by Crippen LogP contribution is 2.17. The Balaban J connectivity index is 2.49. The Bertz CT molecular complexity index is 612. The molecule has 0 saturated carbocycles. The molecule has 0 unspecified atom stereocenters. The topological polar surface area (TPSA) is 87.3 Å². The summed E-state index contributed by atoms with van der Waals surface area (Å²) in [5.41, 5.74) is 5.81. The van der Waals surface area contributed by atoms with E-state index in [1.54, 1.807) is 32.1 Å². The van der Waals surface area contributed by atoms with E-state index in [0.717, 1.165) is 11.1 Å². The molecule has 0 bridgehead atoms. The summed E-state index contributed by atoms with van der Waals surface area (Å²) in [6.07, 6.45) is 2.77. The van der Waals surface area contributed by atoms with E-state index in [1.165, 1.54) is 6.08 Å². The number of hydrogen-bond donors (Lipinski definition) is 3. The van der Waals surface area contributed by atoms with Crippen LogP contribution in [0.4, 0.5) is 0 Å². The van der Waals surface area contributed by atoms with E-state index in [4.69, 9.17) is 11.6 Å². The number of amides is 3. The van der Waals surface area contributed by atoms with Gasteiger partial charge in [0.25, 0.3) is 5.91 Å². The van der Waals surface area contributed by atoms with Crippen LogP contribution in [0.1, 0.15) is 25.0 Å². The molecule has 1 rings (SSSR count). The Hall–Kier alpha value is -2.34. The first kappa shape index (κ1) is 17.7. The maximum Gasteiger partial charge on any atom is 0.327 e. The minimum absolute atomic E-state index is 0.167. The van der Waals surface area contributed by atoms with Gasteiger partial charge in [0.1, 0.15) is 0 Å². The number of hydrogen-bond acceptors (Lipinski definition) is 3. The Morgan fingerprint density at radius 1 is 1.14 bits per heavy atom. The molecule has 0 radical (unpaired) electrons. The smallest absolute Gasteiger partial charge is 0.327 e. The molecule has 0 fully saturated rings. The van der Waals surface area contributed by atoms with Gasteiger partial charge in [-0.2, -0.15) is 0 Å². The van der Waals surface area contributed by atoms with Gasteiger partial charge in [0.15, 0.2) is 0 Å². The fourth-order valence-corrected chi connectivity index (χ4v) is 1.62. The number of carbonyl (C=O) groups is 3. The number of carbonyl (C=O) groups excluding carboxylic acids is 3. The quantitative estimate of drug-likeness (QED) is 0.445. The molecule has 3 N–H and O–H groups in total. The minimum Gasteiger partial charge on any atom is -0.346 e. The number of benzene rings is 1. The normalized spacial score (nSPS) is 10.6. The molecule has 0 aromatic heterocycles. The highest BCUT2D eigenvalue weighted by atomic mass is 35.5. The van der Waals surface area contributed by atoms with Gasteiger partial charge in [0, 0.05) is 17.1 Å². The lowest BCUT2D eigenvalue weighted by Gasteiger charge is -2.08. The minimum atomic E-state index is -0.936. The summed E-state index contributed by atoms with van der Waals surface area (Å²) < 4.78 is 0. The largest absolute Gasteiger partial charge is 0.346 e. The summed E-state index contributed by atoms with van der Waals surface area (Å²) in [4.78, 5) is 34.2. The summed E-state index contributed by atoms with van der Waals surface area (Å²) in [5.74, 6) is -2.32. The summed E-state index contributed by atoms with van der Waals surface area (Å²) in [5, 5.41) is 3.00. The summed E-state index contributed by atoms with van der Waals surface area (Å²) >= 11 is 5.97.